The second-order valence-corrected chi connectivity index (χ2v) is 5.84. The highest BCUT2D eigenvalue weighted by Crippen LogP contribution is 2.32. The molecular weight excluding hydrogens is 280 g/mol. The van der Waals surface area contributed by atoms with Crippen LogP contribution in [0.1, 0.15) is 28.4 Å². The van der Waals surface area contributed by atoms with Gasteiger partial charge in [0, 0.05) is 5.02 Å². The van der Waals surface area contributed by atoms with E-state index in [1.54, 1.807) is 0 Å². The molecule has 2 heteroatoms. The first-order valence-electron chi connectivity index (χ1n) is 7.00. The van der Waals surface area contributed by atoms with E-state index in [1.807, 2.05) is 43.3 Å². The van der Waals surface area contributed by atoms with Gasteiger partial charge in [0.15, 0.2) is 0 Å². The molecule has 1 atom stereocenters. The van der Waals surface area contributed by atoms with E-state index < -0.39 is 6.10 Å². The smallest absolute Gasteiger partial charge is 0.105 e. The normalized spacial score (nSPS) is 12.6. The maximum absolute atomic E-state index is 10.7. The monoisotopic (exact) mass is 296 g/mol. The standard InChI is InChI=1S/C19H17ClO/c1-12-8-10-17(16-6-4-3-5-15(12)16)19(21)14-9-7-13(2)18(20)11-14/h3-11,19,21H,1-2H3. The number of hydrogen-bond donors (Lipinski definition) is 1. The molecule has 0 bridgehead atoms. The third-order valence-electron chi connectivity index (χ3n) is 3.98. The van der Waals surface area contributed by atoms with Crippen molar-refractivity contribution in [3.8, 4) is 0 Å². The first-order chi connectivity index (χ1) is 10.1. The number of aliphatic hydroxyl groups excluding tert-OH is 1. The highest BCUT2D eigenvalue weighted by Gasteiger charge is 2.15. The summed E-state index contributed by atoms with van der Waals surface area (Å²) >= 11 is 6.18. The SMILES string of the molecule is Cc1ccc(C(O)c2ccc(C)c3ccccc23)cc1Cl. The first-order valence-corrected chi connectivity index (χ1v) is 7.38. The lowest BCUT2D eigenvalue weighted by atomic mass is 9.93. The number of aliphatic hydroxyl groups is 1. The van der Waals surface area contributed by atoms with Crippen molar-refractivity contribution < 1.29 is 5.11 Å². The zero-order valence-corrected chi connectivity index (χ0v) is 12.9. The molecule has 1 N–H and O–H groups in total. The summed E-state index contributed by atoms with van der Waals surface area (Å²) in [5.74, 6) is 0. The minimum absolute atomic E-state index is 0.673. The molecule has 3 aromatic rings. The second-order valence-electron chi connectivity index (χ2n) is 5.43. The van der Waals surface area contributed by atoms with Crippen molar-refractivity contribution >= 4 is 22.4 Å². The summed E-state index contributed by atoms with van der Waals surface area (Å²) < 4.78 is 0. The van der Waals surface area contributed by atoms with Crippen molar-refractivity contribution in [2.24, 2.45) is 0 Å². The number of fused-ring (bicyclic) bond motifs is 1. The Balaban J connectivity index is 2.15. The van der Waals surface area contributed by atoms with Gasteiger partial charge in [-0.05, 0) is 52.9 Å². The van der Waals surface area contributed by atoms with Crippen molar-refractivity contribution in [3.63, 3.8) is 0 Å². The summed E-state index contributed by atoms with van der Waals surface area (Å²) in [7, 11) is 0. The van der Waals surface area contributed by atoms with Gasteiger partial charge in [0.2, 0.25) is 0 Å². The predicted molar refractivity (Wildman–Crippen MR) is 88.9 cm³/mol. The quantitative estimate of drug-likeness (QED) is 0.690. The van der Waals surface area contributed by atoms with Crippen molar-refractivity contribution in [3.05, 3.63) is 81.9 Å². The Kier molecular flexibility index (Phi) is 3.71. The zero-order valence-electron chi connectivity index (χ0n) is 12.1. The molecule has 0 saturated heterocycles. The van der Waals surface area contributed by atoms with E-state index >= 15 is 0 Å². The van der Waals surface area contributed by atoms with Crippen molar-refractivity contribution in [2.75, 3.05) is 0 Å². The molecule has 0 aliphatic carbocycles. The van der Waals surface area contributed by atoms with Gasteiger partial charge >= 0.3 is 0 Å². The van der Waals surface area contributed by atoms with Gasteiger partial charge in [0.1, 0.15) is 6.10 Å². The molecule has 21 heavy (non-hydrogen) atoms. The van der Waals surface area contributed by atoms with E-state index in [-0.39, 0.29) is 0 Å². The van der Waals surface area contributed by atoms with Gasteiger partial charge in [-0.3, -0.25) is 0 Å². The van der Waals surface area contributed by atoms with E-state index in [9.17, 15) is 5.11 Å². The van der Waals surface area contributed by atoms with Crippen molar-refractivity contribution in [1.82, 2.24) is 0 Å². The highest BCUT2D eigenvalue weighted by molar-refractivity contribution is 6.31. The summed E-state index contributed by atoms with van der Waals surface area (Å²) in [5.41, 5.74) is 3.96. The molecule has 0 fully saturated rings. The third kappa shape index (κ3) is 2.55. The second kappa shape index (κ2) is 5.51. The highest BCUT2D eigenvalue weighted by atomic mass is 35.5. The van der Waals surface area contributed by atoms with Crippen LogP contribution >= 0.6 is 11.6 Å². The lowest BCUT2D eigenvalue weighted by Crippen LogP contribution is -2.01. The number of hydrogen-bond acceptors (Lipinski definition) is 1. The summed E-state index contributed by atoms with van der Waals surface area (Å²) in [6, 6.07) is 17.9. The molecule has 1 nitrogen and oxygen atoms in total. The van der Waals surface area contributed by atoms with E-state index in [1.165, 1.54) is 10.9 Å². The zero-order chi connectivity index (χ0) is 15.0. The molecule has 0 saturated carbocycles. The van der Waals surface area contributed by atoms with Crippen LogP contribution in [-0.4, -0.2) is 5.11 Å². The van der Waals surface area contributed by atoms with Gasteiger partial charge in [-0.1, -0.05) is 60.1 Å². The van der Waals surface area contributed by atoms with Gasteiger partial charge < -0.3 is 5.11 Å². The predicted octanol–water partition coefficient (Wildman–Crippen LogP) is 5.19. The molecule has 106 valence electrons. The van der Waals surface area contributed by atoms with Gasteiger partial charge in [0.05, 0.1) is 0 Å². The molecule has 0 spiro atoms. The average molecular weight is 297 g/mol. The lowest BCUT2D eigenvalue weighted by molar-refractivity contribution is 0.222. The van der Waals surface area contributed by atoms with E-state index in [4.69, 9.17) is 11.6 Å². The van der Waals surface area contributed by atoms with Gasteiger partial charge in [-0.25, -0.2) is 0 Å². The van der Waals surface area contributed by atoms with Crippen LogP contribution < -0.4 is 0 Å². The Morgan fingerprint density at radius 3 is 2.24 bits per heavy atom. The molecule has 0 heterocycles. The molecule has 0 aliphatic heterocycles. The van der Waals surface area contributed by atoms with Crippen LogP contribution in [0.3, 0.4) is 0 Å². The molecule has 3 aromatic carbocycles. The van der Waals surface area contributed by atoms with Crippen LogP contribution in [0.25, 0.3) is 10.8 Å². The van der Waals surface area contributed by atoms with Gasteiger partial charge in [-0.2, -0.15) is 0 Å². The number of rotatable bonds is 2. The third-order valence-corrected chi connectivity index (χ3v) is 4.39. The molecule has 0 aliphatic rings. The van der Waals surface area contributed by atoms with Crippen LogP contribution in [0, 0.1) is 13.8 Å². The summed E-state index contributed by atoms with van der Waals surface area (Å²) in [6.07, 6.45) is -0.673. The Morgan fingerprint density at radius 2 is 1.52 bits per heavy atom. The number of aryl methyl sites for hydroxylation is 2. The Morgan fingerprint density at radius 1 is 0.857 bits per heavy atom. The van der Waals surface area contributed by atoms with Crippen LogP contribution in [0.5, 0.6) is 0 Å². The van der Waals surface area contributed by atoms with Crippen LogP contribution in [-0.2, 0) is 0 Å². The van der Waals surface area contributed by atoms with Crippen LogP contribution in [0.2, 0.25) is 5.02 Å². The first kappa shape index (κ1) is 14.1. The summed E-state index contributed by atoms with van der Waals surface area (Å²) in [4.78, 5) is 0. The maximum atomic E-state index is 10.7. The molecule has 3 rings (SSSR count). The van der Waals surface area contributed by atoms with Crippen LogP contribution in [0.15, 0.2) is 54.6 Å². The average Bonchev–Trinajstić information content (AvgIpc) is 2.50. The summed E-state index contributed by atoms with van der Waals surface area (Å²) in [5, 5.41) is 13.7. The van der Waals surface area contributed by atoms with Gasteiger partial charge in [-0.15, -0.1) is 0 Å². The van der Waals surface area contributed by atoms with E-state index in [2.05, 4.69) is 25.1 Å². The fraction of sp³-hybridized carbons (Fsp3) is 0.158. The molecule has 0 aromatic heterocycles. The van der Waals surface area contributed by atoms with Crippen molar-refractivity contribution in [1.29, 1.82) is 0 Å². The Hall–Kier alpha value is -1.83. The molecule has 0 radical (unpaired) electrons. The molecule has 0 amide bonds. The largest absolute Gasteiger partial charge is 0.384 e. The fourth-order valence-corrected chi connectivity index (χ4v) is 2.86. The van der Waals surface area contributed by atoms with E-state index in [0.717, 1.165) is 22.1 Å². The lowest BCUT2D eigenvalue weighted by Gasteiger charge is -2.16. The van der Waals surface area contributed by atoms with Crippen molar-refractivity contribution in [2.45, 2.75) is 20.0 Å². The minimum Gasteiger partial charge on any atom is -0.384 e. The maximum Gasteiger partial charge on any atom is 0.105 e. The van der Waals surface area contributed by atoms with E-state index in [0.29, 0.717) is 5.02 Å². The van der Waals surface area contributed by atoms with Gasteiger partial charge in [0.25, 0.3) is 0 Å². The van der Waals surface area contributed by atoms with Crippen LogP contribution in [0.4, 0.5) is 0 Å². The molecule has 1 unspecified atom stereocenters. The Labute approximate surface area is 129 Å². The fourth-order valence-electron chi connectivity index (χ4n) is 2.67. The molecular formula is C19H17ClO. The topological polar surface area (TPSA) is 20.2 Å². The number of benzene rings is 3. The minimum atomic E-state index is -0.673. The summed E-state index contributed by atoms with van der Waals surface area (Å²) in [6.45, 7) is 4.04. The number of halogens is 1. The Bertz CT molecular complexity index is 808.